The van der Waals surface area contributed by atoms with Gasteiger partial charge in [-0.3, -0.25) is 0 Å². The van der Waals surface area contributed by atoms with E-state index in [4.69, 9.17) is 0 Å². The minimum absolute atomic E-state index is 0.807. The van der Waals surface area contributed by atoms with Gasteiger partial charge >= 0.3 is 0 Å². The van der Waals surface area contributed by atoms with Gasteiger partial charge in [-0.25, -0.2) is 4.98 Å². The molecule has 1 N–H and O–H groups in total. The summed E-state index contributed by atoms with van der Waals surface area (Å²) in [6, 6.07) is 6.65. The van der Waals surface area contributed by atoms with Crippen molar-refractivity contribution >= 4 is 11.0 Å². The molecular weight excluding hydrogens is 198 g/mol. The summed E-state index contributed by atoms with van der Waals surface area (Å²) in [5, 5.41) is 3.41. The Morgan fingerprint density at radius 1 is 1.50 bits per heavy atom. The summed E-state index contributed by atoms with van der Waals surface area (Å²) in [5.41, 5.74) is 3.75. The van der Waals surface area contributed by atoms with Gasteiger partial charge in [0, 0.05) is 7.05 Å². The minimum atomic E-state index is 0.807. The first-order chi connectivity index (χ1) is 7.83. The van der Waals surface area contributed by atoms with Crippen LogP contribution in [0.15, 0.2) is 24.5 Å². The fourth-order valence-electron chi connectivity index (χ4n) is 2.53. The zero-order valence-electron chi connectivity index (χ0n) is 9.61. The van der Waals surface area contributed by atoms with Gasteiger partial charge in [0.2, 0.25) is 0 Å². The van der Waals surface area contributed by atoms with Gasteiger partial charge in [0.15, 0.2) is 0 Å². The largest absolute Gasteiger partial charge is 0.334 e. The zero-order valence-corrected chi connectivity index (χ0v) is 9.61. The maximum Gasteiger partial charge on any atom is 0.0955 e. The summed E-state index contributed by atoms with van der Waals surface area (Å²) < 4.78 is 2.07. The molecule has 1 unspecified atom stereocenters. The molecule has 1 saturated heterocycles. The molecule has 3 rings (SSSR count). The Bertz CT molecular complexity index is 495. The number of fused-ring (bicyclic) bond motifs is 1. The lowest BCUT2D eigenvalue weighted by Crippen LogP contribution is -2.10. The summed E-state index contributed by atoms with van der Waals surface area (Å²) >= 11 is 0. The van der Waals surface area contributed by atoms with Gasteiger partial charge in [-0.15, -0.1) is 0 Å². The maximum absolute atomic E-state index is 4.40. The summed E-state index contributed by atoms with van der Waals surface area (Å²) in [7, 11) is 2.04. The molecule has 0 bridgehead atoms. The molecule has 1 aromatic heterocycles. The van der Waals surface area contributed by atoms with E-state index in [2.05, 4.69) is 33.1 Å². The molecule has 2 heterocycles. The normalized spacial score (nSPS) is 20.7. The first-order valence-electron chi connectivity index (χ1n) is 5.93. The number of imidazole rings is 1. The van der Waals surface area contributed by atoms with E-state index < -0.39 is 0 Å². The maximum atomic E-state index is 4.40. The van der Waals surface area contributed by atoms with Gasteiger partial charge < -0.3 is 9.88 Å². The molecule has 2 aromatic rings. The Kier molecular flexibility index (Phi) is 2.40. The van der Waals surface area contributed by atoms with E-state index in [1.54, 1.807) is 0 Å². The molecule has 84 valence electrons. The van der Waals surface area contributed by atoms with Crippen LogP contribution in [0.3, 0.4) is 0 Å². The van der Waals surface area contributed by atoms with E-state index in [9.17, 15) is 0 Å². The van der Waals surface area contributed by atoms with Gasteiger partial charge in [-0.05, 0) is 49.5 Å². The van der Waals surface area contributed by atoms with Crippen LogP contribution in [-0.2, 0) is 13.5 Å². The quantitative estimate of drug-likeness (QED) is 0.826. The number of aryl methyl sites for hydroxylation is 1. The Balaban J connectivity index is 1.87. The lowest BCUT2D eigenvalue weighted by molar-refractivity contribution is 0.580. The molecule has 1 aliphatic rings. The number of nitrogens with zero attached hydrogens (tertiary/aromatic N) is 2. The third-order valence-electron chi connectivity index (χ3n) is 3.48. The smallest absolute Gasteiger partial charge is 0.0955 e. The van der Waals surface area contributed by atoms with E-state index in [-0.39, 0.29) is 0 Å². The Labute approximate surface area is 95.5 Å². The molecular formula is C13H17N3. The van der Waals surface area contributed by atoms with Crippen molar-refractivity contribution in [2.24, 2.45) is 13.0 Å². The van der Waals surface area contributed by atoms with Gasteiger partial charge in [-0.2, -0.15) is 0 Å². The van der Waals surface area contributed by atoms with Crippen LogP contribution in [-0.4, -0.2) is 22.6 Å². The molecule has 1 atom stereocenters. The molecule has 0 amide bonds. The monoisotopic (exact) mass is 215 g/mol. The number of aromatic nitrogens is 2. The third-order valence-corrected chi connectivity index (χ3v) is 3.48. The second-order valence-electron chi connectivity index (χ2n) is 4.74. The van der Waals surface area contributed by atoms with Crippen molar-refractivity contribution in [2.75, 3.05) is 13.1 Å². The van der Waals surface area contributed by atoms with Crippen LogP contribution in [0.5, 0.6) is 0 Å². The van der Waals surface area contributed by atoms with Crippen molar-refractivity contribution in [3.63, 3.8) is 0 Å². The number of hydrogen-bond acceptors (Lipinski definition) is 2. The highest BCUT2D eigenvalue weighted by atomic mass is 15.0. The first-order valence-corrected chi connectivity index (χ1v) is 5.93. The average molecular weight is 215 g/mol. The van der Waals surface area contributed by atoms with Crippen LogP contribution in [0, 0.1) is 5.92 Å². The summed E-state index contributed by atoms with van der Waals surface area (Å²) in [6.45, 7) is 2.34. The van der Waals surface area contributed by atoms with Crippen molar-refractivity contribution in [2.45, 2.75) is 12.8 Å². The minimum Gasteiger partial charge on any atom is -0.334 e. The predicted molar refractivity (Wildman–Crippen MR) is 65.4 cm³/mol. The fraction of sp³-hybridized carbons (Fsp3) is 0.462. The summed E-state index contributed by atoms with van der Waals surface area (Å²) in [6.07, 6.45) is 4.37. The number of rotatable bonds is 2. The second kappa shape index (κ2) is 3.91. The molecule has 1 aromatic carbocycles. The van der Waals surface area contributed by atoms with Gasteiger partial charge in [0.25, 0.3) is 0 Å². The predicted octanol–water partition coefficient (Wildman–Crippen LogP) is 1.73. The third kappa shape index (κ3) is 1.71. The van der Waals surface area contributed by atoms with Gasteiger partial charge in [0.05, 0.1) is 17.4 Å². The molecule has 0 aliphatic carbocycles. The number of nitrogens with one attached hydrogen (secondary N) is 1. The molecule has 1 fully saturated rings. The van der Waals surface area contributed by atoms with E-state index in [1.165, 1.54) is 37.0 Å². The van der Waals surface area contributed by atoms with Crippen molar-refractivity contribution in [3.05, 3.63) is 30.1 Å². The molecule has 0 spiro atoms. The molecule has 1 aliphatic heterocycles. The van der Waals surface area contributed by atoms with E-state index in [0.29, 0.717) is 0 Å². The van der Waals surface area contributed by atoms with Crippen LogP contribution in [0.1, 0.15) is 12.0 Å². The molecule has 0 saturated carbocycles. The molecule has 16 heavy (non-hydrogen) atoms. The Morgan fingerprint density at radius 2 is 2.44 bits per heavy atom. The van der Waals surface area contributed by atoms with Crippen LogP contribution in [0.4, 0.5) is 0 Å². The van der Waals surface area contributed by atoms with Crippen LogP contribution < -0.4 is 5.32 Å². The van der Waals surface area contributed by atoms with Crippen LogP contribution in [0.2, 0.25) is 0 Å². The Morgan fingerprint density at radius 3 is 3.25 bits per heavy atom. The highest BCUT2D eigenvalue weighted by molar-refractivity contribution is 5.75. The molecule has 0 radical (unpaired) electrons. The summed E-state index contributed by atoms with van der Waals surface area (Å²) in [5.74, 6) is 0.807. The van der Waals surface area contributed by atoms with Gasteiger partial charge in [0.1, 0.15) is 0 Å². The van der Waals surface area contributed by atoms with E-state index in [0.717, 1.165) is 11.4 Å². The van der Waals surface area contributed by atoms with Crippen LogP contribution in [0.25, 0.3) is 11.0 Å². The number of benzene rings is 1. The lowest BCUT2D eigenvalue weighted by Gasteiger charge is -2.07. The summed E-state index contributed by atoms with van der Waals surface area (Å²) in [4.78, 5) is 4.40. The zero-order chi connectivity index (χ0) is 11.0. The number of hydrogen-bond donors (Lipinski definition) is 1. The SMILES string of the molecule is Cn1cnc2cc(CC3CCNC3)ccc21. The van der Waals surface area contributed by atoms with E-state index in [1.807, 2.05) is 13.4 Å². The van der Waals surface area contributed by atoms with Crippen molar-refractivity contribution < 1.29 is 0 Å². The lowest BCUT2D eigenvalue weighted by atomic mass is 9.98. The fourth-order valence-corrected chi connectivity index (χ4v) is 2.53. The second-order valence-corrected chi connectivity index (χ2v) is 4.74. The first kappa shape index (κ1) is 9.85. The standard InChI is InChI=1S/C13H17N3/c1-16-9-15-12-7-10(2-3-13(12)16)6-11-4-5-14-8-11/h2-3,7,9,11,14H,4-6,8H2,1H3. The van der Waals surface area contributed by atoms with Gasteiger partial charge in [-0.1, -0.05) is 6.07 Å². The highest BCUT2D eigenvalue weighted by Gasteiger charge is 2.15. The topological polar surface area (TPSA) is 29.9 Å². The molecule has 3 heteroatoms. The van der Waals surface area contributed by atoms with Crippen molar-refractivity contribution in [3.8, 4) is 0 Å². The van der Waals surface area contributed by atoms with Crippen LogP contribution >= 0.6 is 0 Å². The highest BCUT2D eigenvalue weighted by Crippen LogP contribution is 2.19. The molecule has 3 nitrogen and oxygen atoms in total. The Hall–Kier alpha value is -1.35. The van der Waals surface area contributed by atoms with Crippen molar-refractivity contribution in [1.29, 1.82) is 0 Å². The average Bonchev–Trinajstić information content (AvgIpc) is 2.90. The van der Waals surface area contributed by atoms with Crippen molar-refractivity contribution in [1.82, 2.24) is 14.9 Å². The van der Waals surface area contributed by atoms with E-state index >= 15 is 0 Å².